The number of halogens is 1. The van der Waals surface area contributed by atoms with Crippen molar-refractivity contribution in [3.8, 4) is 11.5 Å². The molecule has 0 radical (unpaired) electrons. The number of ether oxygens (including phenoxy) is 2. The summed E-state index contributed by atoms with van der Waals surface area (Å²) < 4.78 is 10.6. The van der Waals surface area contributed by atoms with Gasteiger partial charge < -0.3 is 14.6 Å². The van der Waals surface area contributed by atoms with Crippen LogP contribution in [0.5, 0.6) is 11.5 Å². The largest absolute Gasteiger partial charge is 0.493 e. The van der Waals surface area contributed by atoms with Gasteiger partial charge in [-0.2, -0.15) is 0 Å². The Morgan fingerprint density at radius 2 is 2.00 bits per heavy atom. The zero-order chi connectivity index (χ0) is 15.3. The Bertz CT molecular complexity index is 483. The van der Waals surface area contributed by atoms with Gasteiger partial charge in [0.25, 0.3) is 0 Å². The molecule has 5 heteroatoms. The average Bonchev–Trinajstić information content (AvgIpc) is 2.37. The van der Waals surface area contributed by atoms with E-state index in [4.69, 9.17) is 26.2 Å². The average molecular weight is 301 g/mol. The minimum Gasteiger partial charge on any atom is -0.493 e. The quantitative estimate of drug-likeness (QED) is 0.830. The summed E-state index contributed by atoms with van der Waals surface area (Å²) in [5.41, 5.74) is 2.01. The first-order valence-electron chi connectivity index (χ1n) is 6.57. The Balaban J connectivity index is 3.19. The monoisotopic (exact) mass is 300 g/mol. The topological polar surface area (TPSA) is 55.8 Å². The molecular formula is C15H21ClO4. The molecule has 0 spiro atoms. The van der Waals surface area contributed by atoms with E-state index in [9.17, 15) is 4.79 Å². The molecule has 0 atom stereocenters. The zero-order valence-electron chi connectivity index (χ0n) is 12.3. The molecule has 0 unspecified atom stereocenters. The van der Waals surface area contributed by atoms with Gasteiger partial charge in [0.05, 0.1) is 19.2 Å². The predicted octanol–water partition coefficient (Wildman–Crippen LogP) is 3.89. The molecule has 0 aliphatic heterocycles. The van der Waals surface area contributed by atoms with Crippen molar-refractivity contribution in [1.29, 1.82) is 0 Å². The van der Waals surface area contributed by atoms with Crippen molar-refractivity contribution in [1.82, 2.24) is 0 Å². The van der Waals surface area contributed by atoms with Crippen LogP contribution in [0, 0.1) is 0 Å². The summed E-state index contributed by atoms with van der Waals surface area (Å²) in [5.74, 6) is 0.539. The summed E-state index contributed by atoms with van der Waals surface area (Å²) in [5, 5.41) is 9.29. The third kappa shape index (κ3) is 3.79. The number of carbonyl (C=O) groups is 1. The van der Waals surface area contributed by atoms with Gasteiger partial charge in [0, 0.05) is 6.42 Å². The molecule has 0 aromatic heterocycles. The van der Waals surface area contributed by atoms with E-state index in [1.165, 1.54) is 0 Å². The summed E-state index contributed by atoms with van der Waals surface area (Å²) >= 11 is 6.41. The van der Waals surface area contributed by atoms with E-state index in [-0.39, 0.29) is 12.3 Å². The molecule has 0 saturated heterocycles. The van der Waals surface area contributed by atoms with E-state index >= 15 is 0 Å². The molecule has 1 aromatic carbocycles. The number of hydrogen-bond acceptors (Lipinski definition) is 3. The van der Waals surface area contributed by atoms with Crippen LogP contribution in [-0.2, 0) is 11.2 Å². The van der Waals surface area contributed by atoms with E-state index in [2.05, 4.69) is 0 Å². The Morgan fingerprint density at radius 3 is 2.45 bits per heavy atom. The highest BCUT2D eigenvalue weighted by atomic mass is 35.5. The van der Waals surface area contributed by atoms with Crippen molar-refractivity contribution < 1.29 is 19.4 Å². The van der Waals surface area contributed by atoms with Gasteiger partial charge in [0.1, 0.15) is 0 Å². The smallest absolute Gasteiger partial charge is 0.303 e. The summed E-state index contributed by atoms with van der Waals surface area (Å²) in [6.07, 6.45) is 1.37. The maximum absolute atomic E-state index is 10.6. The fourth-order valence-corrected chi connectivity index (χ4v) is 2.79. The van der Waals surface area contributed by atoms with Gasteiger partial charge in [-0.1, -0.05) is 25.4 Å². The van der Waals surface area contributed by atoms with E-state index in [1.54, 1.807) is 14.2 Å². The molecule has 1 aromatic rings. The van der Waals surface area contributed by atoms with Crippen molar-refractivity contribution in [2.45, 2.75) is 39.0 Å². The second-order valence-corrected chi connectivity index (χ2v) is 5.28. The first-order chi connectivity index (χ1) is 9.42. The minimum atomic E-state index is -0.789. The highest BCUT2D eigenvalue weighted by Crippen LogP contribution is 2.42. The van der Waals surface area contributed by atoms with Crippen LogP contribution in [0.1, 0.15) is 43.7 Å². The second-order valence-electron chi connectivity index (χ2n) is 4.90. The Morgan fingerprint density at radius 1 is 1.35 bits per heavy atom. The van der Waals surface area contributed by atoms with Gasteiger partial charge in [0.15, 0.2) is 11.5 Å². The van der Waals surface area contributed by atoms with Crippen LogP contribution in [0.3, 0.4) is 0 Å². The molecule has 20 heavy (non-hydrogen) atoms. The SMILES string of the molecule is COc1cc(CCCC(=O)O)c(C(C)C)c(Cl)c1OC. The summed E-state index contributed by atoms with van der Waals surface area (Å²) in [4.78, 5) is 10.6. The van der Waals surface area contributed by atoms with Crippen molar-refractivity contribution in [2.75, 3.05) is 14.2 Å². The van der Waals surface area contributed by atoms with Crippen molar-refractivity contribution >= 4 is 17.6 Å². The number of carboxylic acid groups (broad SMARTS) is 1. The van der Waals surface area contributed by atoms with Crippen LogP contribution in [0.25, 0.3) is 0 Å². The van der Waals surface area contributed by atoms with Gasteiger partial charge in [-0.15, -0.1) is 0 Å². The standard InChI is InChI=1S/C15H21ClO4/c1-9(2)13-10(6-5-7-12(17)18)8-11(19-3)15(20-4)14(13)16/h8-9H,5-7H2,1-4H3,(H,17,18). The lowest BCUT2D eigenvalue weighted by Crippen LogP contribution is -2.04. The first-order valence-corrected chi connectivity index (χ1v) is 6.95. The third-order valence-electron chi connectivity index (χ3n) is 3.15. The molecule has 0 aliphatic carbocycles. The molecule has 0 saturated carbocycles. The summed E-state index contributed by atoms with van der Waals surface area (Å²) in [7, 11) is 3.11. The highest BCUT2D eigenvalue weighted by Gasteiger charge is 2.20. The molecule has 4 nitrogen and oxygen atoms in total. The number of rotatable bonds is 7. The van der Waals surface area contributed by atoms with Crippen LogP contribution in [0.15, 0.2) is 6.07 Å². The maximum atomic E-state index is 10.6. The van der Waals surface area contributed by atoms with Crippen molar-refractivity contribution in [2.24, 2.45) is 0 Å². The normalized spacial score (nSPS) is 10.7. The van der Waals surface area contributed by atoms with Crippen molar-refractivity contribution in [3.05, 3.63) is 22.2 Å². The van der Waals surface area contributed by atoms with Crippen LogP contribution in [0.4, 0.5) is 0 Å². The molecule has 0 heterocycles. The number of benzene rings is 1. The zero-order valence-corrected chi connectivity index (χ0v) is 13.1. The summed E-state index contributed by atoms with van der Waals surface area (Å²) in [6, 6.07) is 1.89. The number of hydrogen-bond donors (Lipinski definition) is 1. The van der Waals surface area contributed by atoms with Crippen LogP contribution in [0.2, 0.25) is 5.02 Å². The molecule has 1 rings (SSSR count). The van der Waals surface area contributed by atoms with Crippen LogP contribution in [-0.4, -0.2) is 25.3 Å². The van der Waals surface area contributed by atoms with Crippen LogP contribution >= 0.6 is 11.6 Å². The maximum Gasteiger partial charge on any atom is 0.303 e. The fraction of sp³-hybridized carbons (Fsp3) is 0.533. The predicted molar refractivity (Wildman–Crippen MR) is 79.2 cm³/mol. The molecular weight excluding hydrogens is 280 g/mol. The van der Waals surface area contributed by atoms with Gasteiger partial charge in [-0.3, -0.25) is 4.79 Å². The van der Waals surface area contributed by atoms with E-state index in [0.29, 0.717) is 29.4 Å². The lowest BCUT2D eigenvalue weighted by molar-refractivity contribution is -0.137. The minimum absolute atomic E-state index is 0.142. The van der Waals surface area contributed by atoms with Gasteiger partial charge in [-0.05, 0) is 36.0 Å². The van der Waals surface area contributed by atoms with Crippen molar-refractivity contribution in [3.63, 3.8) is 0 Å². The summed E-state index contributed by atoms with van der Waals surface area (Å²) in [6.45, 7) is 4.10. The fourth-order valence-electron chi connectivity index (χ4n) is 2.28. The molecule has 112 valence electrons. The Kier molecular flexibility index (Phi) is 6.14. The molecule has 0 amide bonds. The molecule has 0 fully saturated rings. The first kappa shape index (κ1) is 16.6. The van der Waals surface area contributed by atoms with Crippen LogP contribution < -0.4 is 9.47 Å². The second kappa shape index (κ2) is 7.39. The van der Waals surface area contributed by atoms with Gasteiger partial charge in [0.2, 0.25) is 0 Å². The number of carboxylic acids is 1. The number of aliphatic carboxylic acids is 1. The van der Waals surface area contributed by atoms with E-state index < -0.39 is 5.97 Å². The molecule has 0 aliphatic rings. The van der Waals surface area contributed by atoms with E-state index in [0.717, 1.165) is 11.1 Å². The van der Waals surface area contributed by atoms with Gasteiger partial charge in [-0.25, -0.2) is 0 Å². The molecule has 0 bridgehead atoms. The lowest BCUT2D eigenvalue weighted by atomic mass is 9.93. The number of aryl methyl sites for hydroxylation is 1. The lowest BCUT2D eigenvalue weighted by Gasteiger charge is -2.19. The molecule has 1 N–H and O–H groups in total. The highest BCUT2D eigenvalue weighted by molar-refractivity contribution is 6.33. The number of methoxy groups -OCH3 is 2. The van der Waals surface area contributed by atoms with E-state index in [1.807, 2.05) is 19.9 Å². The Labute approximate surface area is 124 Å². The van der Waals surface area contributed by atoms with Gasteiger partial charge >= 0.3 is 5.97 Å². The third-order valence-corrected chi connectivity index (χ3v) is 3.52. The Hall–Kier alpha value is -1.42.